The third kappa shape index (κ3) is 4.58. The monoisotopic (exact) mass is 498 g/mol. The summed E-state index contributed by atoms with van der Waals surface area (Å²) in [6.07, 6.45) is -2.69. The molecule has 4 aromatic rings. The Kier molecular flexibility index (Phi) is 6.14. The normalized spacial score (nSPS) is 15.8. The molecule has 1 atom stereocenters. The highest BCUT2D eigenvalue weighted by Crippen LogP contribution is 2.44. The Morgan fingerprint density at radius 2 is 1.94 bits per heavy atom. The maximum atomic E-state index is 14.2. The minimum atomic E-state index is -4.61. The molecule has 1 aliphatic heterocycles. The zero-order valence-corrected chi connectivity index (χ0v) is 19.5. The summed E-state index contributed by atoms with van der Waals surface area (Å²) in [5.41, 5.74) is 2.78. The summed E-state index contributed by atoms with van der Waals surface area (Å²) in [5.74, 6) is -0.101. The summed E-state index contributed by atoms with van der Waals surface area (Å²) in [7, 11) is 1.58. The van der Waals surface area contributed by atoms with Crippen LogP contribution in [0.4, 0.5) is 13.2 Å². The van der Waals surface area contributed by atoms with E-state index in [2.05, 4.69) is 15.0 Å². The Morgan fingerprint density at radius 1 is 1.17 bits per heavy atom. The van der Waals surface area contributed by atoms with E-state index in [-0.39, 0.29) is 18.0 Å². The first-order valence-corrected chi connectivity index (χ1v) is 11.9. The number of para-hydroxylation sites is 1. The van der Waals surface area contributed by atoms with Crippen LogP contribution in [0.3, 0.4) is 0 Å². The van der Waals surface area contributed by atoms with Crippen LogP contribution in [0.2, 0.25) is 0 Å². The number of amides is 1. The van der Waals surface area contributed by atoms with Gasteiger partial charge in [-0.2, -0.15) is 13.2 Å². The first kappa shape index (κ1) is 23.2. The van der Waals surface area contributed by atoms with E-state index in [1.807, 2.05) is 12.1 Å². The molecule has 35 heavy (non-hydrogen) atoms. The number of ether oxygens (including phenoxy) is 1. The van der Waals surface area contributed by atoms with Crippen molar-refractivity contribution in [3.05, 3.63) is 72.1 Å². The molecule has 2 aromatic carbocycles. The lowest BCUT2D eigenvalue weighted by molar-refractivity contribution is -0.193. The zero-order valence-electron chi connectivity index (χ0n) is 18.7. The van der Waals surface area contributed by atoms with Crippen molar-refractivity contribution in [2.75, 3.05) is 19.4 Å². The Hall–Kier alpha value is -3.53. The van der Waals surface area contributed by atoms with E-state index in [9.17, 15) is 18.0 Å². The van der Waals surface area contributed by atoms with Crippen LogP contribution in [0, 0.1) is 0 Å². The fourth-order valence-corrected chi connectivity index (χ4v) is 5.11. The van der Waals surface area contributed by atoms with Gasteiger partial charge in [0.15, 0.2) is 11.2 Å². The van der Waals surface area contributed by atoms with Gasteiger partial charge in [-0.25, -0.2) is 9.97 Å². The smallest absolute Gasteiger partial charge is 0.414 e. The van der Waals surface area contributed by atoms with Crippen LogP contribution in [0.1, 0.15) is 17.3 Å². The van der Waals surface area contributed by atoms with Gasteiger partial charge in [-0.3, -0.25) is 4.79 Å². The maximum Gasteiger partial charge on any atom is 0.414 e. The van der Waals surface area contributed by atoms with Crippen LogP contribution in [-0.4, -0.2) is 51.3 Å². The van der Waals surface area contributed by atoms with Gasteiger partial charge in [0.2, 0.25) is 5.91 Å². The van der Waals surface area contributed by atoms with Crippen molar-refractivity contribution in [2.45, 2.75) is 23.8 Å². The maximum absolute atomic E-state index is 14.2. The number of hydrogen-bond donors (Lipinski definition) is 1. The number of aromatic nitrogens is 3. The SMILES string of the molecule is COc1ccc(-c2ccnc(SCC(=O)N3CCc4c([nH]c5ccccc45)[C@H]3C(F)(F)F)n2)cc1. The molecule has 3 heterocycles. The number of methoxy groups -OCH3 is 1. The lowest BCUT2D eigenvalue weighted by Crippen LogP contribution is -2.47. The fraction of sp³-hybridized carbons (Fsp3) is 0.240. The molecule has 6 nitrogen and oxygen atoms in total. The number of rotatable bonds is 5. The van der Waals surface area contributed by atoms with Crippen LogP contribution >= 0.6 is 11.8 Å². The van der Waals surface area contributed by atoms with Crippen LogP contribution in [0.5, 0.6) is 5.75 Å². The van der Waals surface area contributed by atoms with E-state index in [1.165, 1.54) is 0 Å². The van der Waals surface area contributed by atoms with Crippen molar-refractivity contribution in [1.29, 1.82) is 0 Å². The molecule has 0 unspecified atom stereocenters. The summed E-state index contributed by atoms with van der Waals surface area (Å²) >= 11 is 1.02. The molecule has 0 saturated heterocycles. The average Bonchev–Trinajstić information content (AvgIpc) is 3.25. The van der Waals surface area contributed by atoms with Crippen LogP contribution in [0.15, 0.2) is 66.0 Å². The number of nitrogens with zero attached hydrogens (tertiary/aromatic N) is 3. The van der Waals surface area contributed by atoms with Gasteiger partial charge in [0.1, 0.15) is 5.75 Å². The summed E-state index contributed by atoms with van der Waals surface area (Å²) < 4.78 is 47.6. The molecule has 0 spiro atoms. The van der Waals surface area contributed by atoms with Crippen molar-refractivity contribution >= 4 is 28.6 Å². The zero-order chi connectivity index (χ0) is 24.6. The number of nitrogens with one attached hydrogen (secondary N) is 1. The molecule has 0 saturated carbocycles. The number of benzene rings is 2. The molecular weight excluding hydrogens is 477 g/mol. The van der Waals surface area contributed by atoms with Gasteiger partial charge >= 0.3 is 6.18 Å². The molecule has 1 N–H and O–H groups in total. The summed E-state index contributed by atoms with van der Waals surface area (Å²) in [4.78, 5) is 25.5. The van der Waals surface area contributed by atoms with Gasteiger partial charge in [-0.05, 0) is 48.4 Å². The van der Waals surface area contributed by atoms with Gasteiger partial charge in [-0.1, -0.05) is 30.0 Å². The Morgan fingerprint density at radius 3 is 2.69 bits per heavy atom. The van der Waals surface area contributed by atoms with Crippen molar-refractivity contribution in [1.82, 2.24) is 19.9 Å². The molecule has 1 amide bonds. The molecular formula is C25H21F3N4O2S. The number of fused-ring (bicyclic) bond motifs is 3. The van der Waals surface area contributed by atoms with E-state index in [4.69, 9.17) is 4.74 Å². The average molecular weight is 499 g/mol. The summed E-state index contributed by atoms with van der Waals surface area (Å²) in [5, 5.41) is 1.08. The fourth-order valence-electron chi connectivity index (χ4n) is 4.39. The molecule has 0 radical (unpaired) electrons. The summed E-state index contributed by atoms with van der Waals surface area (Å²) in [6.45, 7) is -0.00877. The second-order valence-electron chi connectivity index (χ2n) is 8.09. The third-order valence-corrected chi connectivity index (χ3v) is 6.86. The minimum Gasteiger partial charge on any atom is -0.497 e. The first-order valence-electron chi connectivity index (χ1n) is 10.9. The topological polar surface area (TPSA) is 71.1 Å². The minimum absolute atomic E-state index is 0.00877. The van der Waals surface area contributed by atoms with Crippen molar-refractivity contribution < 1.29 is 22.7 Å². The number of aromatic amines is 1. The molecule has 180 valence electrons. The molecule has 2 aromatic heterocycles. The Bertz CT molecular complexity index is 1370. The van der Waals surface area contributed by atoms with E-state index >= 15 is 0 Å². The van der Waals surface area contributed by atoms with Crippen molar-refractivity contribution in [3.63, 3.8) is 0 Å². The lowest BCUT2D eigenvalue weighted by Gasteiger charge is -2.36. The Labute approximate surface area is 203 Å². The largest absolute Gasteiger partial charge is 0.497 e. The Balaban J connectivity index is 1.35. The van der Waals surface area contributed by atoms with Crippen molar-refractivity contribution in [2.24, 2.45) is 0 Å². The number of hydrogen-bond acceptors (Lipinski definition) is 5. The van der Waals surface area contributed by atoms with E-state index in [1.54, 1.807) is 55.8 Å². The molecule has 1 aliphatic rings. The van der Waals surface area contributed by atoms with Crippen LogP contribution in [-0.2, 0) is 11.2 Å². The van der Waals surface area contributed by atoms with E-state index in [0.717, 1.165) is 27.6 Å². The number of halogens is 3. The van der Waals surface area contributed by atoms with Crippen LogP contribution in [0.25, 0.3) is 22.2 Å². The standard InChI is InChI=1S/C25H21F3N4O2S/c1-34-16-8-6-15(7-9-16)19-10-12-29-24(31-19)35-14-21(33)32-13-11-18-17-4-2-3-5-20(17)30-22(18)23(32)25(26,27)28/h2-10,12,23,30H,11,13-14H2,1H3/t23-/m0/s1. The highest BCUT2D eigenvalue weighted by Gasteiger charge is 2.50. The van der Waals surface area contributed by atoms with E-state index < -0.39 is 18.1 Å². The second-order valence-corrected chi connectivity index (χ2v) is 9.03. The third-order valence-electron chi connectivity index (χ3n) is 6.01. The van der Waals surface area contributed by atoms with E-state index in [0.29, 0.717) is 34.1 Å². The second kappa shape index (κ2) is 9.26. The number of carbonyl (C=O) groups excluding carboxylic acids is 1. The highest BCUT2D eigenvalue weighted by molar-refractivity contribution is 7.99. The highest BCUT2D eigenvalue weighted by atomic mass is 32.2. The lowest BCUT2D eigenvalue weighted by atomic mass is 9.97. The predicted octanol–water partition coefficient (Wildman–Crippen LogP) is 5.41. The number of thioether (sulfide) groups is 1. The van der Waals surface area contributed by atoms with Crippen LogP contribution < -0.4 is 4.74 Å². The first-order chi connectivity index (χ1) is 16.8. The van der Waals surface area contributed by atoms with Gasteiger partial charge in [0.25, 0.3) is 0 Å². The molecule has 0 fully saturated rings. The van der Waals surface area contributed by atoms with Gasteiger partial charge in [0.05, 0.1) is 24.3 Å². The molecule has 5 rings (SSSR count). The van der Waals surface area contributed by atoms with Gasteiger partial charge in [0, 0.05) is 29.2 Å². The number of carbonyl (C=O) groups is 1. The molecule has 0 aliphatic carbocycles. The van der Waals surface area contributed by atoms with Crippen molar-refractivity contribution in [3.8, 4) is 17.0 Å². The predicted molar refractivity (Wildman–Crippen MR) is 127 cm³/mol. The number of H-pyrrole nitrogens is 1. The molecule has 0 bridgehead atoms. The van der Waals surface area contributed by atoms with Gasteiger partial charge in [-0.15, -0.1) is 0 Å². The molecule has 10 heteroatoms. The van der Waals surface area contributed by atoms with Gasteiger partial charge < -0.3 is 14.6 Å². The number of alkyl halides is 3. The quantitative estimate of drug-likeness (QED) is 0.294. The summed E-state index contributed by atoms with van der Waals surface area (Å²) in [6, 6.07) is 14.1.